The molecule has 0 bridgehead atoms. The van der Waals surface area contributed by atoms with Crippen LogP contribution in [0.5, 0.6) is 0 Å². The van der Waals surface area contributed by atoms with E-state index in [0.717, 1.165) is 122 Å². The van der Waals surface area contributed by atoms with Gasteiger partial charge in [0.2, 0.25) is 0 Å². The Bertz CT molecular complexity index is 5810. The van der Waals surface area contributed by atoms with Crippen molar-refractivity contribution in [2.75, 3.05) is 0 Å². The maximum Gasteiger partial charge on any atom is 0.197 e. The van der Waals surface area contributed by atoms with Crippen LogP contribution >= 0.6 is 0 Å². The van der Waals surface area contributed by atoms with Gasteiger partial charge in [-0.1, -0.05) is 158 Å². The zero-order valence-corrected chi connectivity index (χ0v) is 50.4. The number of aromatic nitrogens is 6. The van der Waals surface area contributed by atoms with Crippen molar-refractivity contribution >= 4 is 137 Å². The number of para-hydroxylation sites is 8. The van der Waals surface area contributed by atoms with E-state index in [1.807, 2.05) is 24.3 Å². The molecule has 0 saturated heterocycles. The van der Waals surface area contributed by atoms with Crippen molar-refractivity contribution in [2.45, 2.75) is 0 Å². The molecule has 0 N–H and O–H groups in total. The van der Waals surface area contributed by atoms with Gasteiger partial charge in [0.05, 0.1) is 84.4 Å². The zero-order chi connectivity index (χ0) is 61.9. The highest BCUT2D eigenvalue weighted by atomic mass is 15.0. The fourth-order valence-electron chi connectivity index (χ4n) is 15.9. The lowest BCUT2D eigenvalue weighted by Crippen LogP contribution is -1.98. The summed E-state index contributed by atoms with van der Waals surface area (Å²) in [5, 5.41) is 25.3. The molecule has 20 rings (SSSR count). The van der Waals surface area contributed by atoms with E-state index in [-0.39, 0.29) is 0 Å². The molecule has 94 heavy (non-hydrogen) atoms. The normalized spacial score (nSPS) is 12.0. The molecular formula is C86H50N8. The van der Waals surface area contributed by atoms with Crippen molar-refractivity contribution in [2.24, 2.45) is 0 Å². The summed E-state index contributed by atoms with van der Waals surface area (Å²) < 4.78 is 14.1. The first-order valence-electron chi connectivity index (χ1n) is 31.7. The highest BCUT2D eigenvalue weighted by Crippen LogP contribution is 2.45. The van der Waals surface area contributed by atoms with Crippen LogP contribution in [0.4, 0.5) is 5.69 Å². The van der Waals surface area contributed by atoms with Gasteiger partial charge in [0.15, 0.2) is 5.69 Å². The lowest BCUT2D eigenvalue weighted by molar-refractivity contribution is 1.16. The standard InChI is InChI=1S/C86H50N8/c1-88-74-51-59(94-85-44-38-57(92-79-30-14-6-22-66(79)67-23-7-15-31-80(67)92)49-72(85)73-50-58(39-45-86(73)94)93-81-32-16-8-24-68(81)69-25-9-17-33-82(69)93)35-41-61(74)60-40-34-54(46-53(60)52-87)89-83-42-36-55(90-75-26-10-2-18-62(75)63-19-3-11-27-76(63)90)47-70(83)71-48-56(37-43-84(71)89)91-77-28-12-4-20-64(77)65-21-5-13-29-78(65)91/h2-51H. The minimum absolute atomic E-state index is 0.451. The average Bonchev–Trinajstić information content (AvgIpc) is 1.58. The number of hydrogen-bond acceptors (Lipinski definition) is 1. The fraction of sp³-hybridized carbons (Fsp3) is 0. The molecule has 0 unspecified atom stereocenters. The van der Waals surface area contributed by atoms with E-state index in [2.05, 4.69) is 317 Å². The zero-order valence-electron chi connectivity index (χ0n) is 50.4. The Morgan fingerprint density at radius 2 is 0.436 bits per heavy atom. The predicted octanol–water partition coefficient (Wildman–Crippen LogP) is 22.4. The number of benzene rings is 14. The van der Waals surface area contributed by atoms with E-state index in [1.54, 1.807) is 0 Å². The minimum atomic E-state index is 0.451. The van der Waals surface area contributed by atoms with Gasteiger partial charge in [-0.15, -0.1) is 0 Å². The Labute approximate surface area is 537 Å². The van der Waals surface area contributed by atoms with Crippen LogP contribution in [-0.2, 0) is 0 Å². The van der Waals surface area contributed by atoms with Gasteiger partial charge < -0.3 is 27.4 Å². The molecule has 434 valence electrons. The summed E-state index contributed by atoms with van der Waals surface area (Å²) in [6.07, 6.45) is 0. The van der Waals surface area contributed by atoms with Crippen molar-refractivity contribution < 1.29 is 0 Å². The van der Waals surface area contributed by atoms with Gasteiger partial charge in [0.1, 0.15) is 0 Å². The smallest absolute Gasteiger partial charge is 0.197 e. The van der Waals surface area contributed by atoms with E-state index in [9.17, 15) is 5.26 Å². The molecule has 0 fully saturated rings. The Morgan fingerprint density at radius 3 is 0.691 bits per heavy atom. The lowest BCUT2D eigenvalue weighted by atomic mass is 9.97. The average molecular weight is 1200 g/mol. The summed E-state index contributed by atoms with van der Waals surface area (Å²) in [5.41, 5.74) is 21.4. The number of nitrogens with zero attached hydrogens (tertiary/aromatic N) is 8. The van der Waals surface area contributed by atoms with E-state index in [0.29, 0.717) is 22.4 Å². The van der Waals surface area contributed by atoms with E-state index in [1.165, 1.54) is 43.1 Å². The van der Waals surface area contributed by atoms with Crippen molar-refractivity contribution in [1.82, 2.24) is 27.4 Å². The maximum absolute atomic E-state index is 11.3. The molecule has 8 nitrogen and oxygen atoms in total. The second kappa shape index (κ2) is 19.7. The molecule has 0 spiro atoms. The molecule has 0 saturated carbocycles. The summed E-state index contributed by atoms with van der Waals surface area (Å²) in [6, 6.07) is 111. The van der Waals surface area contributed by atoms with E-state index in [4.69, 9.17) is 6.57 Å². The summed E-state index contributed by atoms with van der Waals surface area (Å²) in [6.45, 7) is 8.86. The van der Waals surface area contributed by atoms with Crippen LogP contribution in [0.3, 0.4) is 0 Å². The van der Waals surface area contributed by atoms with Gasteiger partial charge >= 0.3 is 0 Å². The number of rotatable bonds is 7. The quantitative estimate of drug-likeness (QED) is 0.147. The third-order valence-corrected chi connectivity index (χ3v) is 19.8. The second-order valence-electron chi connectivity index (χ2n) is 24.6. The first-order chi connectivity index (χ1) is 46.6. The molecule has 20 aromatic rings. The van der Waals surface area contributed by atoms with Crippen LogP contribution in [0.25, 0.3) is 181 Å². The van der Waals surface area contributed by atoms with Crippen LogP contribution in [0.15, 0.2) is 303 Å². The Kier molecular flexibility index (Phi) is 10.8. The molecule has 0 atom stereocenters. The van der Waals surface area contributed by atoms with Crippen LogP contribution in [0.1, 0.15) is 5.56 Å². The summed E-state index contributed by atoms with van der Waals surface area (Å²) in [4.78, 5) is 4.26. The van der Waals surface area contributed by atoms with Crippen molar-refractivity contribution in [3.05, 3.63) is 320 Å². The van der Waals surface area contributed by atoms with Gasteiger partial charge in [-0.3, -0.25) is 0 Å². The molecule has 8 heteroatoms. The fourth-order valence-corrected chi connectivity index (χ4v) is 15.9. The summed E-state index contributed by atoms with van der Waals surface area (Å²) in [7, 11) is 0. The van der Waals surface area contributed by atoms with Gasteiger partial charge in [-0.25, -0.2) is 4.85 Å². The molecule has 0 amide bonds. The minimum Gasteiger partial charge on any atom is -0.311 e. The third-order valence-electron chi connectivity index (χ3n) is 19.8. The van der Waals surface area contributed by atoms with Crippen molar-refractivity contribution in [1.29, 1.82) is 5.26 Å². The van der Waals surface area contributed by atoms with Gasteiger partial charge in [-0.2, -0.15) is 5.26 Å². The third kappa shape index (κ3) is 7.25. The maximum atomic E-state index is 11.3. The monoisotopic (exact) mass is 1190 g/mol. The second-order valence-corrected chi connectivity index (χ2v) is 24.6. The lowest BCUT2D eigenvalue weighted by Gasteiger charge is -2.15. The highest BCUT2D eigenvalue weighted by Gasteiger charge is 2.24. The largest absolute Gasteiger partial charge is 0.311 e. The SMILES string of the molecule is [C-]#[N+]c1cc(-n2c3ccc(-n4c5ccccc5c5ccccc54)cc3c3cc(-n4c5ccccc5c5ccccc54)ccc32)ccc1-c1ccc(-n2c3ccc(-n4c5ccccc5c5ccccc54)cc3c3cc(-n4c5ccccc5c5ccccc54)ccc32)cc1C#N. The van der Waals surface area contributed by atoms with E-state index < -0.39 is 0 Å². The Hall–Kier alpha value is -13.1. The van der Waals surface area contributed by atoms with Crippen molar-refractivity contribution in [3.63, 3.8) is 0 Å². The van der Waals surface area contributed by atoms with Crippen molar-refractivity contribution in [3.8, 4) is 51.3 Å². The van der Waals surface area contributed by atoms with Crippen LogP contribution in [0.2, 0.25) is 0 Å². The number of hydrogen-bond donors (Lipinski definition) is 0. The molecular weight excluding hydrogens is 1150 g/mol. The first kappa shape index (κ1) is 51.7. The number of nitriles is 1. The number of fused-ring (bicyclic) bond motifs is 18. The molecule has 0 aliphatic carbocycles. The van der Waals surface area contributed by atoms with Crippen LogP contribution in [0, 0.1) is 17.9 Å². The van der Waals surface area contributed by atoms with Gasteiger partial charge in [0.25, 0.3) is 0 Å². The van der Waals surface area contributed by atoms with Crippen LogP contribution < -0.4 is 0 Å². The van der Waals surface area contributed by atoms with Gasteiger partial charge in [-0.05, 0) is 157 Å². The predicted molar refractivity (Wildman–Crippen MR) is 389 cm³/mol. The Morgan fingerprint density at radius 1 is 0.223 bits per heavy atom. The molecule has 0 aliphatic rings. The Balaban J connectivity index is 0.753. The molecule has 0 aliphatic heterocycles. The summed E-state index contributed by atoms with van der Waals surface area (Å²) >= 11 is 0. The first-order valence-corrected chi connectivity index (χ1v) is 31.7. The topological polar surface area (TPSA) is 57.7 Å². The molecule has 6 heterocycles. The van der Waals surface area contributed by atoms with Gasteiger partial charge in [0, 0.05) is 98.8 Å². The summed E-state index contributed by atoms with van der Waals surface area (Å²) in [5.74, 6) is 0. The highest BCUT2D eigenvalue weighted by molar-refractivity contribution is 6.17. The van der Waals surface area contributed by atoms with Crippen LogP contribution in [-0.4, -0.2) is 27.4 Å². The van der Waals surface area contributed by atoms with E-state index >= 15 is 0 Å². The molecule has 6 aromatic heterocycles. The molecule has 0 radical (unpaired) electrons. The molecule has 14 aromatic carbocycles.